The minimum absolute atomic E-state index is 0.100. The summed E-state index contributed by atoms with van der Waals surface area (Å²) < 4.78 is 14.5. The number of carbonyl (C=O) groups excluding carboxylic acids is 1. The number of halogens is 3. The summed E-state index contributed by atoms with van der Waals surface area (Å²) in [4.78, 5) is 12.5. The highest BCUT2D eigenvalue weighted by atomic mass is 35.5. The molecule has 3 aromatic rings. The van der Waals surface area contributed by atoms with Crippen molar-refractivity contribution in [3.8, 4) is 11.1 Å². The van der Waals surface area contributed by atoms with Gasteiger partial charge in [-0.15, -0.1) is 0 Å². The summed E-state index contributed by atoms with van der Waals surface area (Å²) in [6.45, 7) is -0.810. The van der Waals surface area contributed by atoms with Crippen molar-refractivity contribution < 1.29 is 9.18 Å². The van der Waals surface area contributed by atoms with Gasteiger partial charge in [0.25, 0.3) is 5.91 Å². The number of aromatic nitrogens is 2. The second-order valence-electron chi connectivity index (χ2n) is 5.45. The summed E-state index contributed by atoms with van der Waals surface area (Å²) >= 11 is 12.1. The van der Waals surface area contributed by atoms with E-state index in [1.54, 1.807) is 37.4 Å². The van der Waals surface area contributed by atoms with Crippen molar-refractivity contribution in [1.29, 1.82) is 0 Å². The van der Waals surface area contributed by atoms with Crippen molar-refractivity contribution in [2.45, 2.75) is 6.67 Å². The van der Waals surface area contributed by atoms with Crippen LogP contribution in [-0.4, -0.2) is 15.7 Å². The van der Waals surface area contributed by atoms with E-state index in [4.69, 9.17) is 23.2 Å². The van der Waals surface area contributed by atoms with Crippen LogP contribution >= 0.6 is 23.2 Å². The monoisotopic (exact) mass is 377 g/mol. The van der Waals surface area contributed by atoms with Gasteiger partial charge in [-0.3, -0.25) is 9.48 Å². The zero-order chi connectivity index (χ0) is 18.0. The first-order chi connectivity index (χ1) is 12.0. The molecule has 0 spiro atoms. The highest BCUT2D eigenvalue weighted by molar-refractivity contribution is 6.35. The molecule has 4 nitrogen and oxygen atoms in total. The molecular weight excluding hydrogens is 364 g/mol. The van der Waals surface area contributed by atoms with E-state index in [1.807, 2.05) is 12.1 Å². The lowest BCUT2D eigenvalue weighted by Crippen LogP contribution is -2.13. The number of anilines is 1. The lowest BCUT2D eigenvalue weighted by atomic mass is 10.0. The van der Waals surface area contributed by atoms with Crippen LogP contribution in [0.2, 0.25) is 10.0 Å². The Morgan fingerprint density at radius 3 is 2.56 bits per heavy atom. The zero-order valence-electron chi connectivity index (χ0n) is 13.3. The Kier molecular flexibility index (Phi) is 5.06. The van der Waals surface area contributed by atoms with E-state index in [1.165, 1.54) is 10.9 Å². The number of aryl methyl sites for hydroxylation is 1. The van der Waals surface area contributed by atoms with Gasteiger partial charge < -0.3 is 5.32 Å². The van der Waals surface area contributed by atoms with E-state index < -0.39 is 12.6 Å². The molecule has 0 radical (unpaired) electrons. The van der Waals surface area contributed by atoms with E-state index in [0.29, 0.717) is 15.7 Å². The van der Waals surface area contributed by atoms with Gasteiger partial charge in [0.05, 0.1) is 5.56 Å². The minimum atomic E-state index is -0.810. The Hall–Kier alpha value is -2.37. The molecule has 1 aromatic heterocycles. The van der Waals surface area contributed by atoms with Gasteiger partial charge in [-0.2, -0.15) is 5.10 Å². The molecule has 128 valence electrons. The first-order valence-corrected chi connectivity index (χ1v) is 8.19. The maximum Gasteiger partial charge on any atom is 0.259 e. The second kappa shape index (κ2) is 7.25. The van der Waals surface area contributed by atoms with Gasteiger partial charge >= 0.3 is 0 Å². The van der Waals surface area contributed by atoms with Crippen LogP contribution in [0.25, 0.3) is 11.1 Å². The largest absolute Gasteiger partial charge is 0.321 e. The minimum Gasteiger partial charge on any atom is -0.321 e. The van der Waals surface area contributed by atoms with Crippen LogP contribution in [0.4, 0.5) is 10.1 Å². The van der Waals surface area contributed by atoms with Crippen LogP contribution in [-0.2, 0) is 13.7 Å². The van der Waals surface area contributed by atoms with E-state index in [9.17, 15) is 9.18 Å². The van der Waals surface area contributed by atoms with Crippen LogP contribution in [0.3, 0.4) is 0 Å². The molecule has 1 heterocycles. The van der Waals surface area contributed by atoms with Crippen molar-refractivity contribution in [1.82, 2.24) is 9.78 Å². The fourth-order valence-electron chi connectivity index (χ4n) is 2.57. The SMILES string of the molecule is Cn1cc(C(=O)Nc2ccccc2-c2cc(Cl)cc(Cl)c2)c(CF)n1. The first kappa shape index (κ1) is 17.5. The molecule has 0 aliphatic heterocycles. The number of nitrogens with zero attached hydrogens (tertiary/aromatic N) is 2. The molecule has 0 aliphatic rings. The number of hydrogen-bond acceptors (Lipinski definition) is 2. The van der Waals surface area contributed by atoms with E-state index in [-0.39, 0.29) is 11.3 Å². The quantitative estimate of drug-likeness (QED) is 0.685. The third-order valence-electron chi connectivity index (χ3n) is 3.63. The summed E-state index contributed by atoms with van der Waals surface area (Å²) in [5.74, 6) is -0.429. The molecule has 0 saturated carbocycles. The third kappa shape index (κ3) is 3.83. The van der Waals surface area contributed by atoms with Crippen molar-refractivity contribution in [3.05, 3.63) is 70.0 Å². The van der Waals surface area contributed by atoms with E-state index in [0.717, 1.165) is 11.1 Å². The first-order valence-electron chi connectivity index (χ1n) is 7.43. The summed E-state index contributed by atoms with van der Waals surface area (Å²) in [5.41, 5.74) is 2.39. The van der Waals surface area contributed by atoms with Crippen LogP contribution in [0.5, 0.6) is 0 Å². The molecule has 25 heavy (non-hydrogen) atoms. The summed E-state index contributed by atoms with van der Waals surface area (Å²) in [7, 11) is 1.64. The highest BCUT2D eigenvalue weighted by Crippen LogP contribution is 2.32. The Morgan fingerprint density at radius 2 is 1.88 bits per heavy atom. The Balaban J connectivity index is 1.97. The summed E-state index contributed by atoms with van der Waals surface area (Å²) in [5, 5.41) is 7.74. The highest BCUT2D eigenvalue weighted by Gasteiger charge is 2.17. The fraction of sp³-hybridized carbons (Fsp3) is 0.111. The summed E-state index contributed by atoms with van der Waals surface area (Å²) in [6.07, 6.45) is 1.49. The molecule has 7 heteroatoms. The Labute approximate surface area is 154 Å². The average molecular weight is 378 g/mol. The number of alkyl halides is 1. The molecule has 1 N–H and O–H groups in total. The van der Waals surface area contributed by atoms with Crippen LogP contribution in [0.15, 0.2) is 48.7 Å². The second-order valence-corrected chi connectivity index (χ2v) is 6.33. The molecule has 3 rings (SSSR count). The Bertz CT molecular complexity index is 920. The zero-order valence-corrected chi connectivity index (χ0v) is 14.8. The van der Waals surface area contributed by atoms with Crippen molar-refractivity contribution in [2.75, 3.05) is 5.32 Å². The topological polar surface area (TPSA) is 46.9 Å². The molecule has 0 bridgehead atoms. The fourth-order valence-corrected chi connectivity index (χ4v) is 3.09. The predicted molar refractivity (Wildman–Crippen MR) is 97.9 cm³/mol. The van der Waals surface area contributed by atoms with Gasteiger partial charge in [-0.25, -0.2) is 4.39 Å². The van der Waals surface area contributed by atoms with Gasteiger partial charge in [0.15, 0.2) is 0 Å². The summed E-state index contributed by atoms with van der Waals surface area (Å²) in [6, 6.07) is 12.4. The van der Waals surface area contributed by atoms with E-state index in [2.05, 4.69) is 10.4 Å². The number of hydrogen-bond donors (Lipinski definition) is 1. The smallest absolute Gasteiger partial charge is 0.259 e. The average Bonchev–Trinajstić information content (AvgIpc) is 2.95. The molecule has 0 aliphatic carbocycles. The number of rotatable bonds is 4. The van der Waals surface area contributed by atoms with Gasteiger partial charge in [-0.1, -0.05) is 41.4 Å². The molecule has 1 amide bonds. The van der Waals surface area contributed by atoms with Crippen LogP contribution in [0, 0.1) is 0 Å². The maximum absolute atomic E-state index is 13.0. The van der Waals surface area contributed by atoms with Crippen molar-refractivity contribution >= 4 is 34.8 Å². The van der Waals surface area contributed by atoms with Crippen LogP contribution in [0.1, 0.15) is 16.1 Å². The molecule has 2 aromatic carbocycles. The molecule has 0 atom stereocenters. The number of benzene rings is 2. The molecule has 0 unspecified atom stereocenters. The predicted octanol–water partition coefficient (Wildman–Crippen LogP) is 5.12. The van der Waals surface area contributed by atoms with Crippen LogP contribution < -0.4 is 5.32 Å². The lowest BCUT2D eigenvalue weighted by Gasteiger charge is -2.12. The Morgan fingerprint density at radius 1 is 1.20 bits per heavy atom. The lowest BCUT2D eigenvalue weighted by molar-refractivity contribution is 0.102. The number of amides is 1. The number of nitrogens with one attached hydrogen (secondary N) is 1. The number of carbonyl (C=O) groups is 1. The normalized spacial score (nSPS) is 10.7. The molecule has 0 saturated heterocycles. The van der Waals surface area contributed by atoms with Crippen molar-refractivity contribution in [3.63, 3.8) is 0 Å². The van der Waals surface area contributed by atoms with Crippen molar-refractivity contribution in [2.24, 2.45) is 7.05 Å². The standard InChI is InChI=1S/C18H14Cl2FN3O/c1-24-10-15(17(9-21)23-24)18(25)22-16-5-3-2-4-14(16)11-6-12(19)8-13(20)7-11/h2-8,10H,9H2,1H3,(H,22,25). The van der Waals surface area contributed by atoms with Gasteiger partial charge in [0.1, 0.15) is 12.4 Å². The van der Waals surface area contributed by atoms with E-state index >= 15 is 0 Å². The molecule has 0 fully saturated rings. The van der Waals surface area contributed by atoms with Gasteiger partial charge in [0, 0.05) is 34.5 Å². The van der Waals surface area contributed by atoms with Gasteiger partial charge in [0.2, 0.25) is 0 Å². The number of para-hydroxylation sites is 1. The van der Waals surface area contributed by atoms with Gasteiger partial charge in [-0.05, 0) is 29.8 Å². The maximum atomic E-state index is 13.0. The molecular formula is C18H14Cl2FN3O. The third-order valence-corrected chi connectivity index (χ3v) is 4.06.